The van der Waals surface area contributed by atoms with Crippen LogP contribution in [0.1, 0.15) is 18.1 Å². The highest BCUT2D eigenvalue weighted by atomic mass is 16.6. The monoisotopic (exact) mass is 440 g/mol. The first kappa shape index (κ1) is 23.1. The smallest absolute Gasteiger partial charge is 0.414 e. The molecule has 9 heteroatoms. The predicted octanol–water partition coefficient (Wildman–Crippen LogP) is 2.78. The predicted molar refractivity (Wildman–Crippen MR) is 121 cm³/mol. The Kier molecular flexibility index (Phi) is 7.32. The third kappa shape index (κ3) is 5.17. The molecular formula is C23H28N4O5. The van der Waals surface area contributed by atoms with E-state index in [2.05, 4.69) is 15.3 Å². The Morgan fingerprint density at radius 3 is 2.19 bits per heavy atom. The van der Waals surface area contributed by atoms with Crippen molar-refractivity contribution in [3.05, 3.63) is 57.9 Å². The molecule has 0 unspecified atom stereocenters. The van der Waals surface area contributed by atoms with E-state index in [0.29, 0.717) is 35.4 Å². The van der Waals surface area contributed by atoms with Crippen molar-refractivity contribution in [3.63, 3.8) is 0 Å². The zero-order valence-corrected chi connectivity index (χ0v) is 19.0. The lowest BCUT2D eigenvalue weighted by atomic mass is 10.1. The number of hydrogen-bond donors (Lipinski definition) is 1. The first-order chi connectivity index (χ1) is 15.4. The van der Waals surface area contributed by atoms with E-state index < -0.39 is 6.09 Å². The second-order valence-electron chi connectivity index (χ2n) is 7.48. The lowest BCUT2D eigenvalue weighted by molar-refractivity contribution is 0.197. The maximum atomic E-state index is 12.7. The fourth-order valence-electron chi connectivity index (χ4n) is 3.30. The molecule has 0 atom stereocenters. The number of amides is 1. The van der Waals surface area contributed by atoms with Crippen LogP contribution in [0.3, 0.4) is 0 Å². The van der Waals surface area contributed by atoms with Gasteiger partial charge in [0.05, 0.1) is 25.0 Å². The Bertz CT molecular complexity index is 1160. The van der Waals surface area contributed by atoms with Gasteiger partial charge in [-0.2, -0.15) is 0 Å². The van der Waals surface area contributed by atoms with Gasteiger partial charge >= 0.3 is 6.09 Å². The number of methoxy groups -OCH3 is 2. The molecule has 9 nitrogen and oxygen atoms in total. The van der Waals surface area contributed by atoms with Crippen molar-refractivity contribution in [3.8, 4) is 17.4 Å². The number of fused-ring (bicyclic) bond motifs is 1. The largest absolute Gasteiger partial charge is 0.493 e. The molecule has 0 aliphatic rings. The van der Waals surface area contributed by atoms with E-state index in [1.807, 2.05) is 38.4 Å². The van der Waals surface area contributed by atoms with Crippen molar-refractivity contribution >= 4 is 16.9 Å². The minimum absolute atomic E-state index is 0.0150. The number of aromatic nitrogens is 2. The third-order valence-corrected chi connectivity index (χ3v) is 4.88. The normalized spacial score (nSPS) is 10.9. The van der Waals surface area contributed by atoms with Gasteiger partial charge in [-0.25, -0.2) is 9.48 Å². The fourth-order valence-corrected chi connectivity index (χ4v) is 3.30. The minimum atomic E-state index is -0.674. The van der Waals surface area contributed by atoms with E-state index >= 15 is 0 Å². The standard InChI is InChI=1S/C23H28N4O5/c1-6-27-22(28)18-12-20(31-5)19(30-4)11-17(18)21(25-27)32-23(29)24-13-15-7-9-16(10-8-15)14-26(2)3/h7-12H,6,13-14H2,1-5H3,(H,24,29). The maximum absolute atomic E-state index is 12.7. The molecule has 1 N–H and O–H groups in total. The van der Waals surface area contributed by atoms with Crippen molar-refractivity contribution in [1.29, 1.82) is 0 Å². The maximum Gasteiger partial charge on any atom is 0.414 e. The first-order valence-corrected chi connectivity index (χ1v) is 10.2. The van der Waals surface area contributed by atoms with E-state index in [1.54, 1.807) is 19.1 Å². The molecule has 0 saturated heterocycles. The zero-order valence-electron chi connectivity index (χ0n) is 19.0. The van der Waals surface area contributed by atoms with Crippen LogP contribution >= 0.6 is 0 Å². The number of nitrogens with one attached hydrogen (secondary N) is 1. The van der Waals surface area contributed by atoms with Crippen molar-refractivity contribution in [2.75, 3.05) is 28.3 Å². The Morgan fingerprint density at radius 2 is 1.62 bits per heavy atom. The van der Waals surface area contributed by atoms with Crippen molar-refractivity contribution < 1.29 is 19.0 Å². The molecule has 0 radical (unpaired) electrons. The van der Waals surface area contributed by atoms with Crippen LogP contribution in [-0.4, -0.2) is 49.1 Å². The van der Waals surface area contributed by atoms with E-state index in [4.69, 9.17) is 14.2 Å². The van der Waals surface area contributed by atoms with Crippen LogP contribution in [-0.2, 0) is 19.6 Å². The lowest BCUT2D eigenvalue weighted by Crippen LogP contribution is -2.29. The molecule has 0 fully saturated rings. The number of aryl methyl sites for hydroxylation is 1. The molecule has 3 rings (SSSR count). The molecular weight excluding hydrogens is 412 g/mol. The van der Waals surface area contributed by atoms with Crippen LogP contribution in [0.2, 0.25) is 0 Å². The van der Waals surface area contributed by atoms with Crippen LogP contribution < -0.4 is 25.1 Å². The van der Waals surface area contributed by atoms with E-state index in [-0.39, 0.29) is 11.4 Å². The summed E-state index contributed by atoms with van der Waals surface area (Å²) in [5, 5.41) is 7.60. The average Bonchev–Trinajstić information content (AvgIpc) is 2.79. The molecule has 2 aromatic carbocycles. The van der Waals surface area contributed by atoms with E-state index in [0.717, 1.165) is 12.1 Å². The van der Waals surface area contributed by atoms with Crippen LogP contribution in [0.25, 0.3) is 10.8 Å². The van der Waals surface area contributed by atoms with Gasteiger partial charge in [-0.1, -0.05) is 24.3 Å². The number of benzene rings is 2. The number of carbonyl (C=O) groups is 1. The highest BCUT2D eigenvalue weighted by Gasteiger charge is 2.18. The Labute approximate surface area is 186 Å². The van der Waals surface area contributed by atoms with E-state index in [1.165, 1.54) is 24.5 Å². The van der Waals surface area contributed by atoms with Gasteiger partial charge in [0, 0.05) is 19.6 Å². The molecule has 0 spiro atoms. The summed E-state index contributed by atoms with van der Waals surface area (Å²) in [5.41, 5.74) is 1.81. The van der Waals surface area contributed by atoms with Gasteiger partial charge in [0.15, 0.2) is 11.5 Å². The number of rotatable bonds is 8. The van der Waals surface area contributed by atoms with Crippen LogP contribution in [0, 0.1) is 0 Å². The molecule has 0 aliphatic heterocycles. The van der Waals surface area contributed by atoms with Gasteiger partial charge in [-0.3, -0.25) is 4.79 Å². The molecule has 3 aromatic rings. The average molecular weight is 441 g/mol. The third-order valence-electron chi connectivity index (χ3n) is 4.88. The van der Waals surface area contributed by atoms with Crippen LogP contribution in [0.5, 0.6) is 17.4 Å². The van der Waals surface area contributed by atoms with Gasteiger partial charge in [0.1, 0.15) is 0 Å². The fraction of sp³-hybridized carbons (Fsp3) is 0.348. The summed E-state index contributed by atoms with van der Waals surface area (Å²) < 4.78 is 17.3. The molecule has 1 heterocycles. The molecule has 1 amide bonds. The molecule has 0 saturated carbocycles. The summed E-state index contributed by atoms with van der Waals surface area (Å²) in [7, 11) is 7.00. The summed E-state index contributed by atoms with van der Waals surface area (Å²) in [5.74, 6) is 0.818. The first-order valence-electron chi connectivity index (χ1n) is 10.2. The highest BCUT2D eigenvalue weighted by molar-refractivity contribution is 5.90. The molecule has 170 valence electrons. The SMILES string of the molecule is CCn1nc(OC(=O)NCc2ccc(CN(C)C)cc2)c2cc(OC)c(OC)cc2c1=O. The molecule has 0 bridgehead atoms. The highest BCUT2D eigenvalue weighted by Crippen LogP contribution is 2.34. The summed E-state index contributed by atoms with van der Waals surface area (Å²) in [4.78, 5) is 27.3. The quantitative estimate of drug-likeness (QED) is 0.575. The van der Waals surface area contributed by atoms with Gasteiger partial charge in [0.2, 0.25) is 5.88 Å². The van der Waals surface area contributed by atoms with Crippen molar-refractivity contribution in [1.82, 2.24) is 20.0 Å². The van der Waals surface area contributed by atoms with Gasteiger partial charge < -0.3 is 24.4 Å². The van der Waals surface area contributed by atoms with Crippen LogP contribution in [0.15, 0.2) is 41.2 Å². The van der Waals surface area contributed by atoms with Gasteiger partial charge in [0.25, 0.3) is 5.56 Å². The second kappa shape index (κ2) is 10.1. The van der Waals surface area contributed by atoms with Crippen molar-refractivity contribution in [2.24, 2.45) is 0 Å². The molecule has 1 aromatic heterocycles. The second-order valence-corrected chi connectivity index (χ2v) is 7.48. The molecule has 0 aliphatic carbocycles. The Balaban J connectivity index is 1.82. The van der Waals surface area contributed by atoms with Gasteiger partial charge in [-0.15, -0.1) is 5.10 Å². The summed E-state index contributed by atoms with van der Waals surface area (Å²) in [6, 6.07) is 11.1. The zero-order chi connectivity index (χ0) is 23.3. The van der Waals surface area contributed by atoms with Crippen molar-refractivity contribution in [2.45, 2.75) is 26.6 Å². The Morgan fingerprint density at radius 1 is 1.03 bits per heavy atom. The lowest BCUT2D eigenvalue weighted by Gasteiger charge is -2.13. The van der Waals surface area contributed by atoms with Crippen LogP contribution in [0.4, 0.5) is 4.79 Å². The number of carbonyl (C=O) groups excluding carboxylic acids is 1. The topological polar surface area (TPSA) is 94.9 Å². The molecule has 32 heavy (non-hydrogen) atoms. The minimum Gasteiger partial charge on any atom is -0.493 e. The van der Waals surface area contributed by atoms with E-state index in [9.17, 15) is 9.59 Å². The Hall–Kier alpha value is -3.59. The summed E-state index contributed by atoms with van der Waals surface area (Å²) >= 11 is 0. The number of ether oxygens (including phenoxy) is 3. The van der Waals surface area contributed by atoms with Gasteiger partial charge in [-0.05, 0) is 44.3 Å². The number of hydrogen-bond acceptors (Lipinski definition) is 7. The summed E-state index contributed by atoms with van der Waals surface area (Å²) in [6.45, 7) is 3.24. The summed E-state index contributed by atoms with van der Waals surface area (Å²) in [6.07, 6.45) is -0.674. The number of nitrogens with zero attached hydrogens (tertiary/aromatic N) is 3.